The molecule has 7 heteroatoms. The van der Waals surface area contributed by atoms with E-state index < -0.39 is 0 Å². The Bertz CT molecular complexity index is 871. The number of rotatable bonds is 8. The topological polar surface area (TPSA) is 69.3 Å². The normalized spacial score (nSPS) is 17.8. The molecule has 0 spiro atoms. The molecule has 31 heavy (non-hydrogen) atoms. The van der Waals surface area contributed by atoms with E-state index in [9.17, 15) is 4.79 Å². The van der Waals surface area contributed by atoms with Crippen molar-refractivity contribution in [1.29, 1.82) is 0 Å². The first-order valence-corrected chi connectivity index (χ1v) is 10.9. The summed E-state index contributed by atoms with van der Waals surface area (Å²) in [6.45, 7) is 3.50. The number of carbonyl (C=O) groups excluding carboxylic acids is 1. The molecule has 4 rings (SSSR count). The summed E-state index contributed by atoms with van der Waals surface area (Å²) in [4.78, 5) is 14.8. The van der Waals surface area contributed by atoms with Gasteiger partial charge in [0.15, 0.2) is 11.5 Å². The summed E-state index contributed by atoms with van der Waals surface area (Å²) in [6, 6.07) is 13.6. The van der Waals surface area contributed by atoms with Crippen LogP contribution in [0.5, 0.6) is 23.0 Å². The maximum absolute atomic E-state index is 12.8. The van der Waals surface area contributed by atoms with Crippen molar-refractivity contribution in [2.24, 2.45) is 0 Å². The van der Waals surface area contributed by atoms with Crippen LogP contribution in [0.25, 0.3) is 0 Å². The summed E-state index contributed by atoms with van der Waals surface area (Å²) in [5.41, 5.74) is 1.11. The van der Waals surface area contributed by atoms with Gasteiger partial charge in [0.2, 0.25) is 5.91 Å². The quantitative estimate of drug-likeness (QED) is 0.654. The molecule has 1 saturated heterocycles. The monoisotopic (exact) mass is 426 g/mol. The number of likely N-dealkylation sites (tertiary alicyclic amines) is 1. The van der Waals surface area contributed by atoms with Gasteiger partial charge in [-0.15, -0.1) is 0 Å². The number of nitrogens with one attached hydrogen (secondary N) is 1. The molecule has 1 amide bonds. The maximum atomic E-state index is 12.8. The van der Waals surface area contributed by atoms with Gasteiger partial charge in [0.1, 0.15) is 18.1 Å². The molecular weight excluding hydrogens is 396 g/mol. The Kier molecular flexibility index (Phi) is 7.14. The number of fused-ring (bicyclic) bond motifs is 1. The highest BCUT2D eigenvalue weighted by molar-refractivity contribution is 5.79. The molecule has 1 fully saturated rings. The Morgan fingerprint density at radius 1 is 1.06 bits per heavy atom. The molecule has 1 N–H and O–H groups in total. The number of hydrogen-bond donors (Lipinski definition) is 1. The lowest BCUT2D eigenvalue weighted by atomic mass is 10.0. The van der Waals surface area contributed by atoms with Crippen molar-refractivity contribution < 1.29 is 23.7 Å². The van der Waals surface area contributed by atoms with Gasteiger partial charge in [-0.1, -0.05) is 6.07 Å². The minimum Gasteiger partial charge on any atom is -0.497 e. The van der Waals surface area contributed by atoms with E-state index in [1.807, 2.05) is 41.3 Å². The second-order valence-electron chi connectivity index (χ2n) is 7.70. The lowest BCUT2D eigenvalue weighted by Crippen LogP contribution is -2.38. The second-order valence-corrected chi connectivity index (χ2v) is 7.70. The highest BCUT2D eigenvalue weighted by Crippen LogP contribution is 2.37. The zero-order valence-corrected chi connectivity index (χ0v) is 18.0. The van der Waals surface area contributed by atoms with Gasteiger partial charge in [-0.25, -0.2) is 0 Å². The van der Waals surface area contributed by atoms with Crippen LogP contribution in [0.3, 0.4) is 0 Å². The van der Waals surface area contributed by atoms with E-state index in [2.05, 4.69) is 11.4 Å². The van der Waals surface area contributed by atoms with E-state index in [-0.39, 0.29) is 11.9 Å². The Hall–Kier alpha value is -2.93. The minimum atomic E-state index is 0.0852. The summed E-state index contributed by atoms with van der Waals surface area (Å²) in [6.07, 6.45) is 2.85. The fourth-order valence-electron chi connectivity index (χ4n) is 4.01. The number of methoxy groups -OCH3 is 1. The average Bonchev–Trinajstić information content (AvgIpc) is 3.18. The summed E-state index contributed by atoms with van der Waals surface area (Å²) < 4.78 is 22.4. The fourth-order valence-corrected chi connectivity index (χ4v) is 4.01. The van der Waals surface area contributed by atoms with Gasteiger partial charge in [-0.2, -0.15) is 0 Å². The average molecular weight is 427 g/mol. The Labute approximate surface area is 183 Å². The molecule has 0 bridgehead atoms. The van der Waals surface area contributed by atoms with E-state index in [1.165, 1.54) is 0 Å². The third kappa shape index (κ3) is 5.41. The van der Waals surface area contributed by atoms with Crippen molar-refractivity contribution in [2.75, 3.05) is 46.6 Å². The van der Waals surface area contributed by atoms with Crippen molar-refractivity contribution in [3.8, 4) is 23.0 Å². The predicted octanol–water partition coefficient (Wildman–Crippen LogP) is 3.19. The van der Waals surface area contributed by atoms with E-state index in [4.69, 9.17) is 18.9 Å². The largest absolute Gasteiger partial charge is 0.497 e. The van der Waals surface area contributed by atoms with Crippen LogP contribution in [0.4, 0.5) is 0 Å². The van der Waals surface area contributed by atoms with E-state index in [0.717, 1.165) is 54.4 Å². The zero-order chi connectivity index (χ0) is 21.5. The number of ether oxygens (including phenoxy) is 4. The van der Waals surface area contributed by atoms with Crippen LogP contribution in [0.15, 0.2) is 42.5 Å². The molecular formula is C24H30N2O5. The lowest BCUT2D eigenvalue weighted by molar-refractivity contribution is -0.131. The molecule has 1 atom stereocenters. The van der Waals surface area contributed by atoms with Crippen LogP contribution >= 0.6 is 0 Å². The summed E-state index contributed by atoms with van der Waals surface area (Å²) in [5.74, 6) is 3.26. The van der Waals surface area contributed by atoms with Gasteiger partial charge in [0.25, 0.3) is 0 Å². The van der Waals surface area contributed by atoms with E-state index in [1.54, 1.807) is 7.11 Å². The number of amides is 1. The maximum Gasteiger partial charge on any atom is 0.237 e. The van der Waals surface area contributed by atoms with Crippen molar-refractivity contribution in [3.63, 3.8) is 0 Å². The van der Waals surface area contributed by atoms with Gasteiger partial charge in [-0.3, -0.25) is 4.79 Å². The van der Waals surface area contributed by atoms with Crippen LogP contribution in [0, 0.1) is 0 Å². The summed E-state index contributed by atoms with van der Waals surface area (Å²) >= 11 is 0. The van der Waals surface area contributed by atoms with E-state index in [0.29, 0.717) is 32.9 Å². The van der Waals surface area contributed by atoms with Crippen LogP contribution in [0.1, 0.15) is 30.9 Å². The van der Waals surface area contributed by atoms with Crippen LogP contribution in [-0.2, 0) is 4.79 Å². The molecule has 2 aromatic rings. The second kappa shape index (κ2) is 10.4. The molecule has 2 aliphatic heterocycles. The molecule has 2 aliphatic rings. The molecule has 166 valence electrons. The number of benzene rings is 2. The molecule has 2 aromatic carbocycles. The Balaban J connectivity index is 1.25. The zero-order valence-electron chi connectivity index (χ0n) is 18.0. The lowest BCUT2D eigenvalue weighted by Gasteiger charge is -2.26. The standard InChI is InChI=1S/C24H30N2O5/c1-28-19-6-8-20(9-7-19)29-15-11-25-17-24(27)26-12-2-4-21(26)18-5-10-22-23(16-18)31-14-3-13-30-22/h5-10,16,21,25H,2-4,11-15,17H2,1H3/t21-/m1/s1. The third-order valence-electron chi connectivity index (χ3n) is 5.61. The number of carbonyl (C=O) groups is 1. The first-order valence-electron chi connectivity index (χ1n) is 10.9. The van der Waals surface area contributed by atoms with Crippen molar-refractivity contribution in [2.45, 2.75) is 25.3 Å². The van der Waals surface area contributed by atoms with Gasteiger partial charge in [0.05, 0.1) is 32.9 Å². The van der Waals surface area contributed by atoms with Gasteiger partial charge < -0.3 is 29.2 Å². The molecule has 0 unspecified atom stereocenters. The Morgan fingerprint density at radius 2 is 1.84 bits per heavy atom. The molecule has 0 saturated carbocycles. The van der Waals surface area contributed by atoms with Crippen molar-refractivity contribution >= 4 is 5.91 Å². The fraction of sp³-hybridized carbons (Fsp3) is 0.458. The number of nitrogens with zero attached hydrogens (tertiary/aromatic N) is 1. The van der Waals surface area contributed by atoms with Crippen LogP contribution < -0.4 is 24.3 Å². The molecule has 2 heterocycles. The van der Waals surface area contributed by atoms with Crippen molar-refractivity contribution in [1.82, 2.24) is 10.2 Å². The minimum absolute atomic E-state index is 0.0852. The Morgan fingerprint density at radius 3 is 2.65 bits per heavy atom. The van der Waals surface area contributed by atoms with Crippen LogP contribution in [0.2, 0.25) is 0 Å². The number of hydrogen-bond acceptors (Lipinski definition) is 6. The third-order valence-corrected chi connectivity index (χ3v) is 5.61. The molecule has 0 aromatic heterocycles. The molecule has 7 nitrogen and oxygen atoms in total. The van der Waals surface area contributed by atoms with E-state index >= 15 is 0 Å². The highest BCUT2D eigenvalue weighted by Gasteiger charge is 2.30. The van der Waals surface area contributed by atoms with Crippen LogP contribution in [-0.4, -0.2) is 57.4 Å². The van der Waals surface area contributed by atoms with Gasteiger partial charge >= 0.3 is 0 Å². The van der Waals surface area contributed by atoms with Crippen molar-refractivity contribution in [3.05, 3.63) is 48.0 Å². The first-order chi connectivity index (χ1) is 15.2. The first kappa shape index (κ1) is 21.3. The summed E-state index contributed by atoms with van der Waals surface area (Å²) in [7, 11) is 1.64. The smallest absolute Gasteiger partial charge is 0.237 e. The molecule has 0 aliphatic carbocycles. The molecule has 0 radical (unpaired) electrons. The SMILES string of the molecule is COc1ccc(OCCNCC(=O)N2CCC[C@@H]2c2ccc3c(c2)OCCCO3)cc1. The van der Waals surface area contributed by atoms with Gasteiger partial charge in [0, 0.05) is 19.5 Å². The predicted molar refractivity (Wildman–Crippen MR) is 117 cm³/mol. The van der Waals surface area contributed by atoms with Gasteiger partial charge in [-0.05, 0) is 54.8 Å². The summed E-state index contributed by atoms with van der Waals surface area (Å²) in [5, 5.41) is 3.20. The highest BCUT2D eigenvalue weighted by atomic mass is 16.5.